The zero-order valence-electron chi connectivity index (χ0n) is 11.2. The Morgan fingerprint density at radius 1 is 1.11 bits per heavy atom. The van der Waals surface area contributed by atoms with Crippen LogP contribution in [0.5, 0.6) is 0 Å². The minimum atomic E-state index is 1.07. The average molecular weight is 264 g/mol. The van der Waals surface area contributed by atoms with Crippen LogP contribution in [0, 0.1) is 0 Å². The van der Waals surface area contributed by atoms with Crippen LogP contribution in [-0.2, 0) is 19.4 Å². The molecular weight excluding hydrogens is 240 g/mol. The molecule has 1 fully saturated rings. The standard InChI is InChI=1S/C15H24N2S/c1-2-6-15-13(5-1)11-14(18-15)12-16-7-10-17-8-3-4-9-17/h11,16H,1-10,12H2. The van der Waals surface area contributed by atoms with Gasteiger partial charge in [-0.3, -0.25) is 0 Å². The normalized spacial score (nSPS) is 20.2. The van der Waals surface area contributed by atoms with Crippen LogP contribution in [0.3, 0.4) is 0 Å². The molecule has 0 bridgehead atoms. The van der Waals surface area contributed by atoms with Gasteiger partial charge in [-0.2, -0.15) is 0 Å². The highest BCUT2D eigenvalue weighted by Crippen LogP contribution is 2.29. The Morgan fingerprint density at radius 2 is 1.94 bits per heavy atom. The predicted octanol–water partition coefficient (Wildman–Crippen LogP) is 2.81. The van der Waals surface area contributed by atoms with Gasteiger partial charge >= 0.3 is 0 Å². The van der Waals surface area contributed by atoms with Crippen LogP contribution in [0.15, 0.2) is 6.07 Å². The smallest absolute Gasteiger partial charge is 0.0300 e. The molecule has 0 saturated carbocycles. The van der Waals surface area contributed by atoms with Gasteiger partial charge in [0.15, 0.2) is 0 Å². The zero-order valence-corrected chi connectivity index (χ0v) is 12.0. The van der Waals surface area contributed by atoms with Crippen LogP contribution in [0.2, 0.25) is 0 Å². The second-order valence-corrected chi connectivity index (χ2v) is 6.82. The molecule has 18 heavy (non-hydrogen) atoms. The number of likely N-dealkylation sites (tertiary alicyclic amines) is 1. The summed E-state index contributed by atoms with van der Waals surface area (Å²) in [5.74, 6) is 0. The van der Waals surface area contributed by atoms with Crippen molar-refractivity contribution in [3.63, 3.8) is 0 Å². The van der Waals surface area contributed by atoms with Crippen molar-refractivity contribution in [2.24, 2.45) is 0 Å². The summed E-state index contributed by atoms with van der Waals surface area (Å²) in [6.07, 6.45) is 8.24. The molecule has 1 aromatic rings. The molecule has 0 aromatic carbocycles. The summed E-state index contributed by atoms with van der Waals surface area (Å²) < 4.78 is 0. The largest absolute Gasteiger partial charge is 0.311 e. The van der Waals surface area contributed by atoms with E-state index in [-0.39, 0.29) is 0 Å². The second kappa shape index (κ2) is 6.18. The molecule has 3 heteroatoms. The van der Waals surface area contributed by atoms with E-state index in [9.17, 15) is 0 Å². The minimum absolute atomic E-state index is 1.07. The fraction of sp³-hybridized carbons (Fsp3) is 0.733. The lowest BCUT2D eigenvalue weighted by Gasteiger charge is -2.14. The number of aryl methyl sites for hydroxylation is 2. The van der Waals surface area contributed by atoms with E-state index < -0.39 is 0 Å². The number of thiophene rings is 1. The van der Waals surface area contributed by atoms with Crippen molar-refractivity contribution in [2.75, 3.05) is 26.2 Å². The van der Waals surface area contributed by atoms with Crippen LogP contribution in [-0.4, -0.2) is 31.1 Å². The predicted molar refractivity (Wildman–Crippen MR) is 78.3 cm³/mol. The first-order valence-electron chi connectivity index (χ1n) is 7.45. The van der Waals surface area contributed by atoms with Crippen molar-refractivity contribution in [1.82, 2.24) is 10.2 Å². The third-order valence-corrected chi connectivity index (χ3v) is 5.39. The SMILES string of the molecule is c1c(CNCCN2CCCC2)sc2c1CCCC2. The molecule has 3 rings (SSSR count). The van der Waals surface area contributed by atoms with Crippen LogP contribution < -0.4 is 5.32 Å². The Hall–Kier alpha value is -0.380. The molecule has 0 unspecified atom stereocenters. The van der Waals surface area contributed by atoms with Gasteiger partial charge in [0.1, 0.15) is 0 Å². The van der Waals surface area contributed by atoms with Gasteiger partial charge in [-0.1, -0.05) is 0 Å². The lowest BCUT2D eigenvalue weighted by molar-refractivity contribution is 0.336. The Kier molecular flexibility index (Phi) is 4.34. The highest BCUT2D eigenvalue weighted by atomic mass is 32.1. The fourth-order valence-electron chi connectivity index (χ4n) is 3.09. The third-order valence-electron chi connectivity index (χ3n) is 4.15. The molecule has 1 aromatic heterocycles. The quantitative estimate of drug-likeness (QED) is 0.823. The average Bonchev–Trinajstić information content (AvgIpc) is 3.03. The summed E-state index contributed by atoms with van der Waals surface area (Å²) >= 11 is 2.04. The topological polar surface area (TPSA) is 15.3 Å². The van der Waals surface area contributed by atoms with Gasteiger partial charge < -0.3 is 10.2 Å². The van der Waals surface area contributed by atoms with E-state index in [0.717, 1.165) is 13.1 Å². The molecule has 0 radical (unpaired) electrons. The van der Waals surface area contributed by atoms with Crippen LogP contribution >= 0.6 is 11.3 Å². The fourth-order valence-corrected chi connectivity index (χ4v) is 4.32. The molecule has 1 N–H and O–H groups in total. The van der Waals surface area contributed by atoms with Crippen molar-refractivity contribution >= 4 is 11.3 Å². The van der Waals surface area contributed by atoms with Gasteiger partial charge in [0.25, 0.3) is 0 Å². The van der Waals surface area contributed by atoms with Crippen LogP contribution in [0.4, 0.5) is 0 Å². The van der Waals surface area contributed by atoms with Gasteiger partial charge in [0, 0.05) is 29.4 Å². The van der Waals surface area contributed by atoms with Crippen LogP contribution in [0.25, 0.3) is 0 Å². The van der Waals surface area contributed by atoms with Gasteiger partial charge in [0.05, 0.1) is 0 Å². The molecule has 2 nitrogen and oxygen atoms in total. The van der Waals surface area contributed by atoms with E-state index in [1.807, 2.05) is 11.3 Å². The molecule has 1 aliphatic heterocycles. The summed E-state index contributed by atoms with van der Waals surface area (Å²) in [7, 11) is 0. The Bertz CT molecular complexity index is 356. The number of hydrogen-bond acceptors (Lipinski definition) is 3. The number of fused-ring (bicyclic) bond motifs is 1. The first kappa shape index (κ1) is 12.6. The second-order valence-electron chi connectivity index (χ2n) is 5.59. The van der Waals surface area contributed by atoms with E-state index in [1.54, 1.807) is 15.3 Å². The van der Waals surface area contributed by atoms with Crippen molar-refractivity contribution < 1.29 is 0 Å². The molecule has 0 atom stereocenters. The Balaban J connectivity index is 1.41. The van der Waals surface area contributed by atoms with Gasteiger partial charge in [-0.25, -0.2) is 0 Å². The van der Waals surface area contributed by atoms with E-state index in [4.69, 9.17) is 0 Å². The number of nitrogens with zero attached hydrogens (tertiary/aromatic N) is 1. The first-order chi connectivity index (χ1) is 8.92. The van der Waals surface area contributed by atoms with Crippen molar-refractivity contribution in [2.45, 2.75) is 45.1 Å². The molecule has 2 aliphatic rings. The minimum Gasteiger partial charge on any atom is -0.311 e. The van der Waals surface area contributed by atoms with E-state index in [1.165, 1.54) is 58.2 Å². The monoisotopic (exact) mass is 264 g/mol. The Labute approximate surface area is 114 Å². The number of nitrogens with one attached hydrogen (secondary N) is 1. The molecular formula is C15H24N2S. The van der Waals surface area contributed by atoms with E-state index >= 15 is 0 Å². The highest BCUT2D eigenvalue weighted by Gasteiger charge is 2.13. The molecule has 0 spiro atoms. The van der Waals surface area contributed by atoms with Crippen molar-refractivity contribution in [3.8, 4) is 0 Å². The number of hydrogen-bond donors (Lipinski definition) is 1. The summed E-state index contributed by atoms with van der Waals surface area (Å²) in [6, 6.07) is 2.45. The molecule has 1 saturated heterocycles. The Morgan fingerprint density at radius 3 is 2.78 bits per heavy atom. The summed E-state index contributed by atoms with van der Waals surface area (Å²) in [6.45, 7) is 6.07. The van der Waals surface area contributed by atoms with Crippen molar-refractivity contribution in [1.29, 1.82) is 0 Å². The molecule has 0 amide bonds. The lowest BCUT2D eigenvalue weighted by atomic mass is 9.99. The maximum atomic E-state index is 3.61. The van der Waals surface area contributed by atoms with Crippen molar-refractivity contribution in [3.05, 3.63) is 21.4 Å². The van der Waals surface area contributed by atoms with Gasteiger partial charge in [-0.05, 0) is 63.2 Å². The summed E-state index contributed by atoms with van der Waals surface area (Å²) in [5, 5.41) is 3.61. The molecule has 100 valence electrons. The molecule has 1 aliphatic carbocycles. The molecule has 2 heterocycles. The highest BCUT2D eigenvalue weighted by molar-refractivity contribution is 7.12. The van der Waals surface area contributed by atoms with Crippen LogP contribution in [0.1, 0.15) is 41.0 Å². The van der Waals surface area contributed by atoms with E-state index in [2.05, 4.69) is 16.3 Å². The zero-order chi connectivity index (χ0) is 12.2. The number of rotatable bonds is 5. The summed E-state index contributed by atoms with van der Waals surface area (Å²) in [4.78, 5) is 5.79. The van der Waals surface area contributed by atoms with Gasteiger partial charge in [-0.15, -0.1) is 11.3 Å². The lowest BCUT2D eigenvalue weighted by Crippen LogP contribution is -2.29. The third kappa shape index (κ3) is 3.14. The maximum Gasteiger partial charge on any atom is 0.0300 e. The maximum absolute atomic E-state index is 3.61. The van der Waals surface area contributed by atoms with E-state index in [0.29, 0.717) is 0 Å². The summed E-state index contributed by atoms with van der Waals surface area (Å²) in [5.41, 5.74) is 1.64. The van der Waals surface area contributed by atoms with Gasteiger partial charge in [0.2, 0.25) is 0 Å². The first-order valence-corrected chi connectivity index (χ1v) is 8.27.